The molecule has 0 aromatic rings. The molecule has 1 saturated carbocycles. The maximum Gasteiger partial charge on any atom is 0.407 e. The number of hydrogen-bond donors (Lipinski definition) is 1. The zero-order valence-electron chi connectivity index (χ0n) is 11.9. The smallest absolute Gasteiger partial charge is 0.407 e. The van der Waals surface area contributed by atoms with Gasteiger partial charge in [0.25, 0.3) is 0 Å². The highest BCUT2D eigenvalue weighted by Gasteiger charge is 2.28. The second-order valence-electron chi connectivity index (χ2n) is 6.11. The lowest BCUT2D eigenvalue weighted by Gasteiger charge is -2.25. The quantitative estimate of drug-likeness (QED) is 0.772. The number of Topliss-reactive ketones (excluding diaryl/α,β-unsaturated/α-hetero) is 1. The molecule has 1 aliphatic carbocycles. The predicted octanol–water partition coefficient (Wildman–Crippen LogP) is 3.05. The normalized spacial score (nSPS) is 23.1. The lowest BCUT2D eigenvalue weighted by Crippen LogP contribution is -2.43. The van der Waals surface area contributed by atoms with Crippen molar-refractivity contribution in [2.45, 2.75) is 71.4 Å². The number of ketones is 1. The number of rotatable bonds is 2. The van der Waals surface area contributed by atoms with Gasteiger partial charge in [-0.15, -0.1) is 0 Å². The molecule has 2 unspecified atom stereocenters. The summed E-state index contributed by atoms with van der Waals surface area (Å²) >= 11 is 0. The number of nitrogens with one attached hydrogen (secondary N) is 1. The minimum Gasteiger partial charge on any atom is -0.444 e. The molecule has 0 bridgehead atoms. The number of hydrogen-bond acceptors (Lipinski definition) is 3. The molecule has 0 aromatic carbocycles. The van der Waals surface area contributed by atoms with Gasteiger partial charge < -0.3 is 10.1 Å². The number of carbonyl (C=O) groups is 2. The van der Waals surface area contributed by atoms with Gasteiger partial charge in [-0.2, -0.15) is 0 Å². The maximum absolute atomic E-state index is 11.9. The largest absolute Gasteiger partial charge is 0.444 e. The fourth-order valence-corrected chi connectivity index (χ4v) is 2.31. The van der Waals surface area contributed by atoms with Crippen LogP contribution in [-0.2, 0) is 9.53 Å². The Morgan fingerprint density at radius 3 is 2.61 bits per heavy atom. The van der Waals surface area contributed by atoms with Crippen molar-refractivity contribution in [2.75, 3.05) is 0 Å². The van der Waals surface area contributed by atoms with Gasteiger partial charge in [0.15, 0.2) is 0 Å². The average molecular weight is 255 g/mol. The van der Waals surface area contributed by atoms with Crippen LogP contribution in [0.2, 0.25) is 0 Å². The highest BCUT2D eigenvalue weighted by molar-refractivity contribution is 5.82. The van der Waals surface area contributed by atoms with Crippen molar-refractivity contribution in [3.63, 3.8) is 0 Å². The first-order chi connectivity index (χ1) is 8.29. The second-order valence-corrected chi connectivity index (χ2v) is 6.11. The summed E-state index contributed by atoms with van der Waals surface area (Å²) in [6, 6.07) is -0.148. The van der Waals surface area contributed by atoms with Gasteiger partial charge >= 0.3 is 6.09 Å². The van der Waals surface area contributed by atoms with Gasteiger partial charge in [0.1, 0.15) is 11.4 Å². The van der Waals surface area contributed by atoms with Crippen LogP contribution in [0.5, 0.6) is 0 Å². The zero-order valence-corrected chi connectivity index (χ0v) is 11.9. The third-order valence-electron chi connectivity index (χ3n) is 3.20. The monoisotopic (exact) mass is 255 g/mol. The van der Waals surface area contributed by atoms with Crippen LogP contribution in [0.25, 0.3) is 0 Å². The first kappa shape index (κ1) is 15.0. The van der Waals surface area contributed by atoms with Gasteiger partial charge in [-0.25, -0.2) is 4.79 Å². The molecule has 1 rings (SSSR count). The molecule has 0 radical (unpaired) electrons. The molecule has 0 aliphatic heterocycles. The summed E-state index contributed by atoms with van der Waals surface area (Å²) in [4.78, 5) is 23.6. The van der Waals surface area contributed by atoms with E-state index in [4.69, 9.17) is 4.74 Å². The van der Waals surface area contributed by atoms with Crippen LogP contribution in [0.1, 0.15) is 59.8 Å². The van der Waals surface area contributed by atoms with E-state index in [1.165, 1.54) is 0 Å². The van der Waals surface area contributed by atoms with Crippen molar-refractivity contribution in [2.24, 2.45) is 5.92 Å². The van der Waals surface area contributed by atoms with Crippen LogP contribution in [0.3, 0.4) is 0 Å². The molecule has 4 nitrogen and oxygen atoms in total. The Kier molecular flexibility index (Phi) is 5.17. The topological polar surface area (TPSA) is 55.4 Å². The minimum absolute atomic E-state index is 0.0555. The van der Waals surface area contributed by atoms with Gasteiger partial charge in [-0.3, -0.25) is 4.79 Å². The van der Waals surface area contributed by atoms with Crippen LogP contribution >= 0.6 is 0 Å². The second kappa shape index (κ2) is 6.21. The van der Waals surface area contributed by atoms with E-state index in [0.29, 0.717) is 6.42 Å². The predicted molar refractivity (Wildman–Crippen MR) is 70.4 cm³/mol. The molecule has 0 aromatic heterocycles. The van der Waals surface area contributed by atoms with E-state index in [1.807, 2.05) is 27.7 Å². The number of amides is 1. The molecule has 0 spiro atoms. The third kappa shape index (κ3) is 5.07. The molecular formula is C14H25NO3. The molecule has 1 aliphatic rings. The lowest BCUT2D eigenvalue weighted by molar-refractivity contribution is -0.123. The first-order valence-corrected chi connectivity index (χ1v) is 6.82. The molecule has 1 N–H and O–H groups in total. The van der Waals surface area contributed by atoms with Crippen LogP contribution in [0.15, 0.2) is 0 Å². The van der Waals surface area contributed by atoms with Crippen LogP contribution < -0.4 is 5.32 Å². The lowest BCUT2D eigenvalue weighted by atomic mass is 9.92. The summed E-state index contributed by atoms with van der Waals surface area (Å²) in [5.41, 5.74) is -0.503. The maximum atomic E-state index is 11.9. The van der Waals surface area contributed by atoms with Gasteiger partial charge in [-0.1, -0.05) is 12.8 Å². The van der Waals surface area contributed by atoms with Gasteiger partial charge in [0, 0.05) is 18.4 Å². The molecule has 1 fully saturated rings. The van der Waals surface area contributed by atoms with Crippen molar-refractivity contribution in [1.82, 2.24) is 5.32 Å². The van der Waals surface area contributed by atoms with E-state index in [-0.39, 0.29) is 17.7 Å². The zero-order chi connectivity index (χ0) is 13.8. The molecule has 104 valence electrons. The van der Waals surface area contributed by atoms with Gasteiger partial charge in [0.05, 0.1) is 0 Å². The Balaban J connectivity index is 2.50. The van der Waals surface area contributed by atoms with Gasteiger partial charge in [0.2, 0.25) is 0 Å². The molecular weight excluding hydrogens is 230 g/mol. The van der Waals surface area contributed by atoms with E-state index >= 15 is 0 Å². The van der Waals surface area contributed by atoms with E-state index in [2.05, 4.69) is 5.32 Å². The number of carbonyl (C=O) groups excluding carboxylic acids is 2. The van der Waals surface area contributed by atoms with Crippen molar-refractivity contribution >= 4 is 11.9 Å². The van der Waals surface area contributed by atoms with Crippen molar-refractivity contribution in [3.8, 4) is 0 Å². The standard InChI is InChI=1S/C14H25NO3/c1-10(15-13(17)18-14(2,3)4)11-8-6-5-7-9-12(11)16/h10-11H,5-9H2,1-4H3,(H,15,17). The molecule has 2 atom stereocenters. The SMILES string of the molecule is CC(NC(=O)OC(C)(C)C)C1CCCCCC1=O. The Labute approximate surface area is 109 Å². The Morgan fingerprint density at radius 1 is 1.33 bits per heavy atom. The highest BCUT2D eigenvalue weighted by atomic mass is 16.6. The summed E-state index contributed by atoms with van der Waals surface area (Å²) in [7, 11) is 0. The number of ether oxygens (including phenoxy) is 1. The van der Waals surface area contributed by atoms with E-state index in [0.717, 1.165) is 25.7 Å². The van der Waals surface area contributed by atoms with Crippen LogP contribution in [0, 0.1) is 5.92 Å². The fraction of sp³-hybridized carbons (Fsp3) is 0.857. The van der Waals surface area contributed by atoms with E-state index < -0.39 is 11.7 Å². The van der Waals surface area contributed by atoms with Crippen molar-refractivity contribution in [1.29, 1.82) is 0 Å². The summed E-state index contributed by atoms with van der Waals surface area (Å²) in [5, 5.41) is 2.78. The van der Waals surface area contributed by atoms with Gasteiger partial charge in [-0.05, 0) is 40.5 Å². The van der Waals surface area contributed by atoms with Crippen molar-refractivity contribution in [3.05, 3.63) is 0 Å². The summed E-state index contributed by atoms with van der Waals surface area (Å²) < 4.78 is 5.20. The summed E-state index contributed by atoms with van der Waals surface area (Å²) in [6.45, 7) is 7.37. The Bertz CT molecular complexity index is 307. The van der Waals surface area contributed by atoms with Crippen molar-refractivity contribution < 1.29 is 14.3 Å². The third-order valence-corrected chi connectivity index (χ3v) is 3.20. The molecule has 1 amide bonds. The number of alkyl carbamates (subject to hydrolysis) is 1. The summed E-state index contributed by atoms with van der Waals surface area (Å²) in [6.07, 6.45) is 4.24. The van der Waals surface area contributed by atoms with E-state index in [1.54, 1.807) is 0 Å². The average Bonchev–Trinajstić information content (AvgIpc) is 2.39. The molecule has 18 heavy (non-hydrogen) atoms. The molecule has 0 heterocycles. The first-order valence-electron chi connectivity index (χ1n) is 6.82. The Morgan fingerprint density at radius 2 is 2.00 bits per heavy atom. The Hall–Kier alpha value is -1.06. The fourth-order valence-electron chi connectivity index (χ4n) is 2.31. The van der Waals surface area contributed by atoms with Crippen LogP contribution in [-0.4, -0.2) is 23.5 Å². The minimum atomic E-state index is -0.503. The molecule has 4 heteroatoms. The van der Waals surface area contributed by atoms with Crippen LogP contribution in [0.4, 0.5) is 4.79 Å². The molecule has 0 saturated heterocycles. The highest BCUT2D eigenvalue weighted by Crippen LogP contribution is 2.23. The summed E-state index contributed by atoms with van der Waals surface area (Å²) in [5.74, 6) is 0.219. The van der Waals surface area contributed by atoms with E-state index in [9.17, 15) is 9.59 Å².